The van der Waals surface area contributed by atoms with Crippen LogP contribution in [0.3, 0.4) is 0 Å². The van der Waals surface area contributed by atoms with Crippen LogP contribution in [0.2, 0.25) is 0 Å². The van der Waals surface area contributed by atoms with Gasteiger partial charge in [0.05, 0.1) is 36.6 Å². The first-order valence-corrected chi connectivity index (χ1v) is 8.72. The van der Waals surface area contributed by atoms with E-state index in [0.29, 0.717) is 13.1 Å². The summed E-state index contributed by atoms with van der Waals surface area (Å²) in [6.07, 6.45) is 1.42. The van der Waals surface area contributed by atoms with Crippen LogP contribution in [0.4, 0.5) is 0 Å². The van der Waals surface area contributed by atoms with Crippen molar-refractivity contribution in [2.75, 3.05) is 45.9 Å². The van der Waals surface area contributed by atoms with Crippen molar-refractivity contribution in [3.8, 4) is 0 Å². The zero-order valence-electron chi connectivity index (χ0n) is 14.6. The van der Waals surface area contributed by atoms with Crippen molar-refractivity contribution in [2.45, 2.75) is 26.5 Å². The van der Waals surface area contributed by atoms with Gasteiger partial charge in [-0.2, -0.15) is 0 Å². The molecule has 132 valence electrons. The van der Waals surface area contributed by atoms with Gasteiger partial charge in [-0.05, 0) is 37.1 Å². The summed E-state index contributed by atoms with van der Waals surface area (Å²) in [4.78, 5) is 9.02. The number of aliphatic hydroxyl groups is 2. The summed E-state index contributed by atoms with van der Waals surface area (Å²) >= 11 is 0. The number of hydrogen-bond acceptors (Lipinski definition) is 5. The fourth-order valence-corrected chi connectivity index (χ4v) is 3.38. The molecule has 0 aliphatic carbocycles. The van der Waals surface area contributed by atoms with Gasteiger partial charge in [-0.1, -0.05) is 0 Å². The molecule has 2 N–H and O–H groups in total. The van der Waals surface area contributed by atoms with E-state index in [1.165, 1.54) is 11.1 Å². The quantitative estimate of drug-likeness (QED) is 0.812. The second kappa shape index (κ2) is 7.61. The Hall–Kier alpha value is -1.47. The normalized spacial score (nSPS) is 18.3. The number of hydrogen-bond donors (Lipinski definition) is 2. The smallest absolute Gasteiger partial charge is 0.0959 e. The van der Waals surface area contributed by atoms with E-state index in [-0.39, 0.29) is 6.61 Å². The van der Waals surface area contributed by atoms with Crippen LogP contribution in [0, 0.1) is 13.8 Å². The lowest BCUT2D eigenvalue weighted by Gasteiger charge is -2.35. The first-order valence-electron chi connectivity index (χ1n) is 8.72. The summed E-state index contributed by atoms with van der Waals surface area (Å²) in [6.45, 7) is 10.2. The Labute approximate surface area is 143 Å². The first kappa shape index (κ1) is 17.4. The summed E-state index contributed by atoms with van der Waals surface area (Å²) in [5.41, 5.74) is 4.57. The van der Waals surface area contributed by atoms with E-state index < -0.39 is 6.10 Å². The summed E-state index contributed by atoms with van der Waals surface area (Å²) in [5, 5.41) is 19.5. The van der Waals surface area contributed by atoms with Crippen LogP contribution in [0.15, 0.2) is 18.5 Å². The summed E-state index contributed by atoms with van der Waals surface area (Å²) in [7, 11) is 0. The Morgan fingerprint density at radius 1 is 1.04 bits per heavy atom. The molecule has 0 bridgehead atoms. The number of fused-ring (bicyclic) bond motifs is 1. The van der Waals surface area contributed by atoms with E-state index in [4.69, 9.17) is 5.11 Å². The highest BCUT2D eigenvalue weighted by molar-refractivity contribution is 5.77. The lowest BCUT2D eigenvalue weighted by molar-refractivity contribution is 0.0595. The first-order chi connectivity index (χ1) is 11.6. The predicted octanol–water partition coefficient (Wildman–Crippen LogP) is 0.624. The lowest BCUT2D eigenvalue weighted by atomic mass is 10.1. The van der Waals surface area contributed by atoms with Crippen molar-refractivity contribution >= 4 is 11.0 Å². The molecule has 6 nitrogen and oxygen atoms in total. The maximum Gasteiger partial charge on any atom is 0.0959 e. The number of aryl methyl sites for hydroxylation is 2. The fraction of sp³-hybridized carbons (Fsp3) is 0.611. The second-order valence-electron chi connectivity index (χ2n) is 6.84. The lowest BCUT2D eigenvalue weighted by Crippen LogP contribution is -2.49. The standard InChI is InChI=1S/C18H28N4O2/c1-14-9-17-18(10-15(14)2)22(13-19-17)12-16(24)11-21-5-3-20(4-6-21)7-8-23/h9-10,13,16,23-24H,3-8,11-12H2,1-2H3/t16-/m1/s1. The summed E-state index contributed by atoms with van der Waals surface area (Å²) in [5.74, 6) is 0. The van der Waals surface area contributed by atoms with E-state index >= 15 is 0 Å². The molecule has 2 heterocycles. The van der Waals surface area contributed by atoms with Crippen LogP contribution >= 0.6 is 0 Å². The average molecular weight is 332 g/mol. The van der Waals surface area contributed by atoms with Gasteiger partial charge in [0.25, 0.3) is 0 Å². The van der Waals surface area contributed by atoms with Gasteiger partial charge in [0, 0.05) is 39.3 Å². The van der Waals surface area contributed by atoms with Gasteiger partial charge < -0.3 is 14.8 Å². The predicted molar refractivity (Wildman–Crippen MR) is 95.2 cm³/mol. The molecule has 24 heavy (non-hydrogen) atoms. The molecular weight excluding hydrogens is 304 g/mol. The van der Waals surface area contributed by atoms with Gasteiger partial charge in [-0.15, -0.1) is 0 Å². The molecule has 1 aromatic heterocycles. The van der Waals surface area contributed by atoms with Crippen molar-refractivity contribution in [1.82, 2.24) is 19.4 Å². The molecule has 1 saturated heterocycles. The number of imidazole rings is 1. The molecule has 6 heteroatoms. The molecule has 0 unspecified atom stereocenters. The van der Waals surface area contributed by atoms with Crippen molar-refractivity contribution in [3.63, 3.8) is 0 Å². The molecule has 3 rings (SSSR count). The summed E-state index contributed by atoms with van der Waals surface area (Å²) < 4.78 is 2.05. The van der Waals surface area contributed by atoms with E-state index in [1.54, 1.807) is 0 Å². The van der Waals surface area contributed by atoms with Gasteiger partial charge in [0.1, 0.15) is 0 Å². The zero-order chi connectivity index (χ0) is 17.1. The number of aliphatic hydroxyl groups excluding tert-OH is 2. The number of β-amino-alcohol motifs (C(OH)–C–C–N with tert-alkyl or cyclic N) is 2. The fourth-order valence-electron chi connectivity index (χ4n) is 3.38. The Balaban J connectivity index is 1.58. The van der Waals surface area contributed by atoms with E-state index in [2.05, 4.69) is 45.3 Å². The van der Waals surface area contributed by atoms with Gasteiger partial charge in [-0.3, -0.25) is 9.80 Å². The van der Waals surface area contributed by atoms with Gasteiger partial charge in [0.2, 0.25) is 0 Å². The molecule has 0 saturated carbocycles. The number of benzene rings is 1. The molecule has 1 aliphatic rings. The Morgan fingerprint density at radius 3 is 2.42 bits per heavy atom. The van der Waals surface area contributed by atoms with Crippen molar-refractivity contribution in [1.29, 1.82) is 0 Å². The van der Waals surface area contributed by atoms with E-state index in [0.717, 1.165) is 43.8 Å². The molecule has 1 aromatic carbocycles. The minimum atomic E-state index is -0.409. The van der Waals surface area contributed by atoms with Crippen LogP contribution in [-0.2, 0) is 6.54 Å². The van der Waals surface area contributed by atoms with Crippen molar-refractivity contribution < 1.29 is 10.2 Å². The maximum atomic E-state index is 10.5. The monoisotopic (exact) mass is 332 g/mol. The highest BCUT2D eigenvalue weighted by atomic mass is 16.3. The largest absolute Gasteiger partial charge is 0.395 e. The number of rotatable bonds is 6. The Morgan fingerprint density at radius 2 is 1.71 bits per heavy atom. The zero-order valence-corrected chi connectivity index (χ0v) is 14.6. The third kappa shape index (κ3) is 3.95. The van der Waals surface area contributed by atoms with Crippen LogP contribution < -0.4 is 0 Å². The third-order valence-electron chi connectivity index (χ3n) is 4.99. The SMILES string of the molecule is Cc1cc2ncn(C[C@H](O)CN3CCN(CCO)CC3)c2cc1C. The minimum Gasteiger partial charge on any atom is -0.395 e. The molecule has 1 aliphatic heterocycles. The van der Waals surface area contributed by atoms with Gasteiger partial charge >= 0.3 is 0 Å². The highest BCUT2D eigenvalue weighted by Crippen LogP contribution is 2.18. The molecule has 2 aromatic rings. The van der Waals surface area contributed by atoms with Crippen molar-refractivity contribution in [2.24, 2.45) is 0 Å². The minimum absolute atomic E-state index is 0.217. The molecule has 1 atom stereocenters. The van der Waals surface area contributed by atoms with Gasteiger partial charge in [0.15, 0.2) is 0 Å². The van der Waals surface area contributed by atoms with E-state index in [1.807, 2.05) is 6.33 Å². The second-order valence-corrected chi connectivity index (χ2v) is 6.84. The molecule has 0 amide bonds. The number of piperazine rings is 1. The van der Waals surface area contributed by atoms with Crippen molar-refractivity contribution in [3.05, 3.63) is 29.6 Å². The maximum absolute atomic E-state index is 10.5. The van der Waals surface area contributed by atoms with E-state index in [9.17, 15) is 5.11 Å². The molecule has 0 spiro atoms. The highest BCUT2D eigenvalue weighted by Gasteiger charge is 2.19. The van der Waals surface area contributed by atoms with Crippen LogP contribution in [-0.4, -0.2) is 81.5 Å². The molecule has 0 radical (unpaired) electrons. The summed E-state index contributed by atoms with van der Waals surface area (Å²) in [6, 6.07) is 4.26. The van der Waals surface area contributed by atoms with Crippen LogP contribution in [0.5, 0.6) is 0 Å². The Bertz CT molecular complexity index is 677. The molecular formula is C18H28N4O2. The van der Waals surface area contributed by atoms with Crippen LogP contribution in [0.1, 0.15) is 11.1 Å². The molecule has 1 fully saturated rings. The number of aromatic nitrogens is 2. The number of nitrogens with zero attached hydrogens (tertiary/aromatic N) is 4. The van der Waals surface area contributed by atoms with Crippen LogP contribution in [0.25, 0.3) is 11.0 Å². The topological polar surface area (TPSA) is 64.8 Å². The average Bonchev–Trinajstić information content (AvgIpc) is 2.92. The Kier molecular flexibility index (Phi) is 5.50. The third-order valence-corrected chi connectivity index (χ3v) is 4.99. The van der Waals surface area contributed by atoms with Gasteiger partial charge in [-0.25, -0.2) is 4.98 Å².